The van der Waals surface area contributed by atoms with Crippen LogP contribution in [-0.2, 0) is 6.54 Å². The van der Waals surface area contributed by atoms with E-state index in [1.54, 1.807) is 0 Å². The van der Waals surface area contributed by atoms with Gasteiger partial charge in [0.25, 0.3) is 0 Å². The van der Waals surface area contributed by atoms with E-state index in [0.29, 0.717) is 6.04 Å². The van der Waals surface area contributed by atoms with E-state index in [9.17, 15) is 0 Å². The number of aromatic nitrogens is 1. The van der Waals surface area contributed by atoms with Gasteiger partial charge in [0.2, 0.25) is 0 Å². The Bertz CT molecular complexity index is 431. The quantitative estimate of drug-likeness (QED) is 0.726. The summed E-state index contributed by atoms with van der Waals surface area (Å²) < 4.78 is 0. The molecular formula is C15H18N2. The van der Waals surface area contributed by atoms with Gasteiger partial charge in [-0.05, 0) is 24.1 Å². The summed E-state index contributed by atoms with van der Waals surface area (Å²) in [5.41, 5.74) is 2.51. The van der Waals surface area contributed by atoms with Crippen molar-refractivity contribution in [3.63, 3.8) is 0 Å². The van der Waals surface area contributed by atoms with Gasteiger partial charge in [-0.1, -0.05) is 36.4 Å². The summed E-state index contributed by atoms with van der Waals surface area (Å²) in [7, 11) is 0. The van der Waals surface area contributed by atoms with Crippen LogP contribution < -0.4 is 5.32 Å². The van der Waals surface area contributed by atoms with Crippen LogP contribution in [0.15, 0.2) is 61.3 Å². The van der Waals surface area contributed by atoms with Crippen molar-refractivity contribution in [2.75, 3.05) is 0 Å². The molecule has 0 bridgehead atoms. The zero-order chi connectivity index (χ0) is 11.9. The fraction of sp³-hybridized carbons (Fsp3) is 0.200. The van der Waals surface area contributed by atoms with Crippen LogP contribution in [0.3, 0.4) is 0 Å². The lowest BCUT2D eigenvalue weighted by Gasteiger charge is -2.16. The van der Waals surface area contributed by atoms with Crippen LogP contribution in [0.1, 0.15) is 23.7 Å². The predicted octanol–water partition coefficient (Wildman–Crippen LogP) is 3.42. The standard InChI is InChI=1S/C15H18N2/c1-2-7-14(15-10-6-11-16-15)17-12-13-8-4-3-5-9-13/h2-6,8-11,14,16-17H,1,7,12H2/t14-/m0/s1. The van der Waals surface area contributed by atoms with Crippen molar-refractivity contribution in [1.29, 1.82) is 0 Å². The van der Waals surface area contributed by atoms with Crippen LogP contribution in [0.5, 0.6) is 0 Å². The third kappa shape index (κ3) is 3.33. The number of benzene rings is 1. The average molecular weight is 226 g/mol. The Hall–Kier alpha value is -1.80. The molecule has 2 nitrogen and oxygen atoms in total. The van der Waals surface area contributed by atoms with Crippen molar-refractivity contribution in [2.45, 2.75) is 19.0 Å². The van der Waals surface area contributed by atoms with Crippen LogP contribution in [0.2, 0.25) is 0 Å². The third-order valence-corrected chi connectivity index (χ3v) is 2.80. The molecule has 1 aromatic heterocycles. The zero-order valence-electron chi connectivity index (χ0n) is 9.89. The maximum atomic E-state index is 3.81. The second-order valence-corrected chi connectivity index (χ2v) is 4.07. The molecule has 17 heavy (non-hydrogen) atoms. The number of hydrogen-bond acceptors (Lipinski definition) is 1. The maximum Gasteiger partial charge on any atom is 0.0510 e. The molecule has 0 spiro atoms. The van der Waals surface area contributed by atoms with Gasteiger partial charge in [-0.3, -0.25) is 0 Å². The Morgan fingerprint density at radius 2 is 2.00 bits per heavy atom. The zero-order valence-corrected chi connectivity index (χ0v) is 9.89. The van der Waals surface area contributed by atoms with Gasteiger partial charge in [0.15, 0.2) is 0 Å². The van der Waals surface area contributed by atoms with Crippen LogP contribution in [0, 0.1) is 0 Å². The Morgan fingerprint density at radius 1 is 1.18 bits per heavy atom. The minimum Gasteiger partial charge on any atom is -0.364 e. The van der Waals surface area contributed by atoms with E-state index in [0.717, 1.165) is 13.0 Å². The second kappa shape index (κ2) is 6.06. The smallest absolute Gasteiger partial charge is 0.0510 e. The maximum absolute atomic E-state index is 3.81. The van der Waals surface area contributed by atoms with Gasteiger partial charge in [-0.15, -0.1) is 6.58 Å². The predicted molar refractivity (Wildman–Crippen MR) is 71.6 cm³/mol. The second-order valence-electron chi connectivity index (χ2n) is 4.07. The van der Waals surface area contributed by atoms with E-state index in [-0.39, 0.29) is 0 Å². The molecule has 0 saturated carbocycles. The molecule has 0 radical (unpaired) electrons. The summed E-state index contributed by atoms with van der Waals surface area (Å²) in [5.74, 6) is 0. The average Bonchev–Trinajstić information content (AvgIpc) is 2.89. The van der Waals surface area contributed by atoms with Crippen molar-refractivity contribution in [2.24, 2.45) is 0 Å². The Labute approximate surface area is 102 Å². The molecule has 0 saturated heterocycles. The van der Waals surface area contributed by atoms with Crippen LogP contribution in [0.4, 0.5) is 0 Å². The monoisotopic (exact) mass is 226 g/mol. The number of H-pyrrole nitrogens is 1. The van der Waals surface area contributed by atoms with Crippen LogP contribution in [-0.4, -0.2) is 4.98 Å². The van der Waals surface area contributed by atoms with Gasteiger partial charge in [0.1, 0.15) is 0 Å². The van der Waals surface area contributed by atoms with E-state index in [1.165, 1.54) is 11.3 Å². The van der Waals surface area contributed by atoms with Gasteiger partial charge in [-0.2, -0.15) is 0 Å². The normalized spacial score (nSPS) is 12.2. The van der Waals surface area contributed by atoms with Gasteiger partial charge in [0.05, 0.1) is 6.04 Å². The first-order chi connectivity index (χ1) is 8.40. The molecule has 0 amide bonds. The summed E-state index contributed by atoms with van der Waals surface area (Å²) in [5, 5.41) is 3.54. The highest BCUT2D eigenvalue weighted by atomic mass is 14.9. The molecule has 88 valence electrons. The highest BCUT2D eigenvalue weighted by Crippen LogP contribution is 2.15. The van der Waals surface area contributed by atoms with E-state index < -0.39 is 0 Å². The van der Waals surface area contributed by atoms with E-state index in [4.69, 9.17) is 0 Å². The summed E-state index contributed by atoms with van der Waals surface area (Å²) in [6.07, 6.45) is 4.83. The molecule has 0 aliphatic carbocycles. The van der Waals surface area contributed by atoms with Crippen molar-refractivity contribution >= 4 is 0 Å². The van der Waals surface area contributed by atoms with Crippen molar-refractivity contribution < 1.29 is 0 Å². The molecule has 0 aliphatic rings. The van der Waals surface area contributed by atoms with E-state index in [2.05, 4.69) is 47.2 Å². The Balaban J connectivity index is 1.97. The SMILES string of the molecule is C=CC[C@H](NCc1ccccc1)c1ccc[nH]1. The summed E-state index contributed by atoms with van der Waals surface area (Å²) in [4.78, 5) is 3.25. The molecule has 1 aromatic carbocycles. The fourth-order valence-electron chi connectivity index (χ4n) is 1.88. The Morgan fingerprint density at radius 3 is 2.65 bits per heavy atom. The number of hydrogen-bond donors (Lipinski definition) is 2. The van der Waals surface area contributed by atoms with Gasteiger partial charge in [0, 0.05) is 18.4 Å². The first-order valence-corrected chi connectivity index (χ1v) is 5.91. The minimum atomic E-state index is 0.308. The topological polar surface area (TPSA) is 27.8 Å². The van der Waals surface area contributed by atoms with Crippen molar-refractivity contribution in [1.82, 2.24) is 10.3 Å². The minimum absolute atomic E-state index is 0.308. The summed E-state index contributed by atoms with van der Waals surface area (Å²) >= 11 is 0. The molecule has 2 N–H and O–H groups in total. The molecule has 2 rings (SSSR count). The summed E-state index contributed by atoms with van der Waals surface area (Å²) in [6, 6.07) is 14.9. The van der Waals surface area contributed by atoms with Crippen molar-refractivity contribution in [3.8, 4) is 0 Å². The molecule has 0 fully saturated rings. The van der Waals surface area contributed by atoms with E-state index >= 15 is 0 Å². The molecule has 0 unspecified atom stereocenters. The number of rotatable bonds is 6. The molecular weight excluding hydrogens is 208 g/mol. The first-order valence-electron chi connectivity index (χ1n) is 5.91. The summed E-state index contributed by atoms with van der Waals surface area (Å²) in [6.45, 7) is 4.68. The van der Waals surface area contributed by atoms with Crippen molar-refractivity contribution in [3.05, 3.63) is 72.6 Å². The van der Waals surface area contributed by atoms with Gasteiger partial charge < -0.3 is 10.3 Å². The highest BCUT2D eigenvalue weighted by Gasteiger charge is 2.09. The van der Waals surface area contributed by atoms with Crippen LogP contribution in [0.25, 0.3) is 0 Å². The molecule has 2 heteroatoms. The number of nitrogens with one attached hydrogen (secondary N) is 2. The molecule has 1 heterocycles. The first kappa shape index (κ1) is 11.7. The van der Waals surface area contributed by atoms with Crippen LogP contribution >= 0.6 is 0 Å². The third-order valence-electron chi connectivity index (χ3n) is 2.80. The van der Waals surface area contributed by atoms with Gasteiger partial charge >= 0.3 is 0 Å². The highest BCUT2D eigenvalue weighted by molar-refractivity contribution is 5.16. The largest absolute Gasteiger partial charge is 0.364 e. The molecule has 2 aromatic rings. The molecule has 0 aliphatic heterocycles. The van der Waals surface area contributed by atoms with E-state index in [1.807, 2.05) is 24.4 Å². The fourth-order valence-corrected chi connectivity index (χ4v) is 1.88. The lowest BCUT2D eigenvalue weighted by molar-refractivity contribution is 0.529. The lowest BCUT2D eigenvalue weighted by Crippen LogP contribution is -2.20. The lowest BCUT2D eigenvalue weighted by atomic mass is 10.1. The number of aromatic amines is 1. The Kier molecular flexibility index (Phi) is 4.17. The van der Waals surface area contributed by atoms with Gasteiger partial charge in [-0.25, -0.2) is 0 Å². The molecule has 1 atom stereocenters.